The van der Waals surface area contributed by atoms with E-state index in [2.05, 4.69) is 55.4 Å². The third kappa shape index (κ3) is 3.32. The van der Waals surface area contributed by atoms with Gasteiger partial charge in [-0.15, -0.1) is 0 Å². The molecule has 5 rings (SSSR count). The van der Waals surface area contributed by atoms with Gasteiger partial charge in [0.2, 0.25) is 5.60 Å². The van der Waals surface area contributed by atoms with Crippen molar-refractivity contribution in [2.24, 2.45) is 62.6 Å². The van der Waals surface area contributed by atoms with Crippen LogP contribution in [0.5, 0.6) is 0 Å². The molecule has 0 radical (unpaired) electrons. The Morgan fingerprint density at radius 3 is 2.08 bits per heavy atom. The highest BCUT2D eigenvalue weighted by Crippen LogP contribution is 2.78. The van der Waals surface area contributed by atoms with Gasteiger partial charge in [0.05, 0.1) is 0 Å². The smallest absolute Gasteiger partial charge is 0.340 e. The average molecular weight is 531 g/mol. The Balaban J connectivity index is 1.64. The van der Waals surface area contributed by atoms with Crippen LogP contribution in [0.3, 0.4) is 0 Å². The molecule has 5 aliphatic carbocycles. The van der Waals surface area contributed by atoms with Crippen LogP contribution in [0.2, 0.25) is 0 Å². The Bertz CT molecular complexity index is 1010. The minimum Gasteiger partial charge on any atom is -0.479 e. The lowest BCUT2D eigenvalue weighted by molar-refractivity contribution is -0.311. The first kappa shape index (κ1) is 28.4. The summed E-state index contributed by atoms with van der Waals surface area (Å²) in [5, 5.41) is 23.1. The van der Waals surface area contributed by atoms with Crippen LogP contribution in [0.1, 0.15) is 120 Å². The van der Waals surface area contributed by atoms with E-state index in [-0.39, 0.29) is 28.1 Å². The minimum atomic E-state index is -2.11. The SMILES string of the molecule is CC(=O)OC1CC(C)(C)[C@@H]2CC[C@]3(C)[C@H](CC[C@@H]4[C@@H]5[C@@H](C)[C@H](C)CC[C@]5(C)CC[C@]43C)[C@@]2(C)C1(O)C(=O)O. The van der Waals surface area contributed by atoms with E-state index in [4.69, 9.17) is 4.74 Å². The summed E-state index contributed by atoms with van der Waals surface area (Å²) in [5.41, 5.74) is -2.83. The summed E-state index contributed by atoms with van der Waals surface area (Å²) < 4.78 is 5.70. The fraction of sp³-hybridized carbons (Fsp3) is 0.939. The highest BCUT2D eigenvalue weighted by atomic mass is 16.6. The van der Waals surface area contributed by atoms with E-state index in [1.165, 1.54) is 32.6 Å². The molecular weight excluding hydrogens is 476 g/mol. The molecule has 38 heavy (non-hydrogen) atoms. The summed E-state index contributed by atoms with van der Waals surface area (Å²) in [5.74, 6) is 1.11. The van der Waals surface area contributed by atoms with E-state index in [1.807, 2.05) is 0 Å². The van der Waals surface area contributed by atoms with Gasteiger partial charge in [0.25, 0.3) is 0 Å². The summed E-state index contributed by atoms with van der Waals surface area (Å²) in [7, 11) is 0. The van der Waals surface area contributed by atoms with Crippen LogP contribution in [0.25, 0.3) is 0 Å². The predicted octanol–water partition coefficient (Wildman–Crippen LogP) is 7.10. The number of hydrogen-bond donors (Lipinski definition) is 2. The number of carboxylic acids is 1. The average Bonchev–Trinajstić information content (AvgIpc) is 2.80. The molecule has 0 aliphatic heterocycles. The summed E-state index contributed by atoms with van der Waals surface area (Å²) >= 11 is 0. The van der Waals surface area contributed by atoms with Crippen LogP contribution in [-0.4, -0.2) is 33.9 Å². The first-order valence-electron chi connectivity index (χ1n) is 15.5. The second kappa shape index (κ2) is 8.46. The fourth-order valence-electron chi connectivity index (χ4n) is 12.5. The standard InChI is InChI=1S/C33H54O5/c1-19-12-14-29(6)16-17-30(7)22(26(29)20(19)2)10-11-24-31(30,8)15-13-23-28(4,5)18-25(38-21(3)34)33(37,27(35)36)32(23,24)9/h19-20,22-26,37H,10-18H2,1-9H3,(H,35,36)/t19-,20+,22-,23+,24+,25?,26+,29-,30-,31-,32+,33?/m1/s1. The molecule has 5 nitrogen and oxygen atoms in total. The number of esters is 1. The Labute approximate surface area is 230 Å². The summed E-state index contributed by atoms with van der Waals surface area (Å²) in [6.45, 7) is 20.3. The molecular formula is C33H54O5. The van der Waals surface area contributed by atoms with Crippen LogP contribution >= 0.6 is 0 Å². The summed E-state index contributed by atoms with van der Waals surface area (Å²) in [6.07, 6.45) is 8.44. The van der Waals surface area contributed by atoms with Crippen LogP contribution in [0.15, 0.2) is 0 Å². The largest absolute Gasteiger partial charge is 0.479 e. The van der Waals surface area contributed by atoms with Crippen molar-refractivity contribution in [3.05, 3.63) is 0 Å². The molecule has 2 unspecified atom stereocenters. The number of carbonyl (C=O) groups is 2. The zero-order chi connectivity index (χ0) is 28.3. The Morgan fingerprint density at radius 2 is 1.47 bits per heavy atom. The van der Waals surface area contributed by atoms with Crippen molar-refractivity contribution in [1.29, 1.82) is 0 Å². The molecule has 0 spiro atoms. The monoisotopic (exact) mass is 530 g/mol. The number of aliphatic carboxylic acids is 1. The Kier molecular flexibility index (Phi) is 6.33. The van der Waals surface area contributed by atoms with Crippen molar-refractivity contribution < 1.29 is 24.5 Å². The quantitative estimate of drug-likeness (QED) is 0.372. The lowest BCUT2D eigenvalue weighted by atomic mass is 9.29. The maximum Gasteiger partial charge on any atom is 0.340 e. The number of ether oxygens (including phenoxy) is 1. The van der Waals surface area contributed by atoms with Crippen molar-refractivity contribution in [1.82, 2.24) is 0 Å². The number of fused-ring (bicyclic) bond motifs is 7. The topological polar surface area (TPSA) is 83.8 Å². The zero-order valence-corrected chi connectivity index (χ0v) is 25.5. The van der Waals surface area contributed by atoms with Gasteiger partial charge >= 0.3 is 11.9 Å². The van der Waals surface area contributed by atoms with Gasteiger partial charge < -0.3 is 14.9 Å². The van der Waals surface area contributed by atoms with Gasteiger partial charge in [-0.05, 0) is 115 Å². The molecule has 5 saturated carbocycles. The lowest BCUT2D eigenvalue weighted by Gasteiger charge is -2.75. The number of aliphatic hydroxyl groups is 1. The summed E-state index contributed by atoms with van der Waals surface area (Å²) in [6, 6.07) is 0. The van der Waals surface area contributed by atoms with Gasteiger partial charge in [0.1, 0.15) is 6.10 Å². The van der Waals surface area contributed by atoms with Crippen LogP contribution < -0.4 is 0 Å². The van der Waals surface area contributed by atoms with Crippen molar-refractivity contribution in [2.45, 2.75) is 132 Å². The maximum absolute atomic E-state index is 13.1. The molecule has 2 N–H and O–H groups in total. The fourth-order valence-corrected chi connectivity index (χ4v) is 12.5. The second-order valence-corrected chi connectivity index (χ2v) is 16.4. The minimum absolute atomic E-state index is 0.0450. The van der Waals surface area contributed by atoms with Crippen LogP contribution in [-0.2, 0) is 14.3 Å². The molecule has 0 amide bonds. The zero-order valence-electron chi connectivity index (χ0n) is 25.5. The Morgan fingerprint density at radius 1 is 0.816 bits per heavy atom. The first-order valence-corrected chi connectivity index (χ1v) is 15.5. The molecule has 5 heteroatoms. The van der Waals surface area contributed by atoms with E-state index in [0.29, 0.717) is 29.6 Å². The van der Waals surface area contributed by atoms with E-state index in [0.717, 1.165) is 31.6 Å². The molecule has 0 heterocycles. The molecule has 216 valence electrons. The molecule has 0 aromatic rings. The van der Waals surface area contributed by atoms with Gasteiger partial charge in [-0.2, -0.15) is 0 Å². The molecule has 0 aromatic carbocycles. The highest BCUT2D eigenvalue weighted by molar-refractivity contribution is 5.81. The second-order valence-electron chi connectivity index (χ2n) is 16.4. The number of rotatable bonds is 2. The van der Waals surface area contributed by atoms with Crippen LogP contribution in [0.4, 0.5) is 0 Å². The van der Waals surface area contributed by atoms with Gasteiger partial charge in [0, 0.05) is 12.3 Å². The molecule has 0 bridgehead atoms. The van der Waals surface area contributed by atoms with Gasteiger partial charge in [-0.25, -0.2) is 4.79 Å². The van der Waals surface area contributed by atoms with E-state index in [1.54, 1.807) is 0 Å². The molecule has 5 aliphatic rings. The first-order chi connectivity index (χ1) is 17.4. The van der Waals surface area contributed by atoms with Crippen LogP contribution in [0, 0.1) is 62.6 Å². The normalized spacial score (nSPS) is 55.5. The molecule has 0 saturated heterocycles. The molecule has 12 atom stereocenters. The Hall–Kier alpha value is -1.10. The number of carbonyl (C=O) groups excluding carboxylic acids is 1. The van der Waals surface area contributed by atoms with Gasteiger partial charge in [-0.1, -0.05) is 55.4 Å². The summed E-state index contributed by atoms with van der Waals surface area (Å²) in [4.78, 5) is 25.3. The van der Waals surface area contributed by atoms with Crippen molar-refractivity contribution in [3.63, 3.8) is 0 Å². The van der Waals surface area contributed by atoms with Gasteiger partial charge in [0.15, 0.2) is 0 Å². The molecule has 5 fully saturated rings. The van der Waals surface area contributed by atoms with Gasteiger partial charge in [-0.3, -0.25) is 4.79 Å². The van der Waals surface area contributed by atoms with E-state index < -0.39 is 29.1 Å². The number of carboxylic acid groups (broad SMARTS) is 1. The number of hydrogen-bond acceptors (Lipinski definition) is 4. The third-order valence-electron chi connectivity index (χ3n) is 14.7. The molecule has 0 aromatic heterocycles. The van der Waals surface area contributed by atoms with Crippen molar-refractivity contribution in [2.75, 3.05) is 0 Å². The highest BCUT2D eigenvalue weighted by Gasteiger charge is 2.77. The van der Waals surface area contributed by atoms with E-state index in [9.17, 15) is 19.8 Å². The van der Waals surface area contributed by atoms with Crippen molar-refractivity contribution >= 4 is 11.9 Å². The predicted molar refractivity (Wildman–Crippen MR) is 148 cm³/mol. The third-order valence-corrected chi connectivity index (χ3v) is 14.7. The van der Waals surface area contributed by atoms with Crippen molar-refractivity contribution in [3.8, 4) is 0 Å². The maximum atomic E-state index is 13.1. The van der Waals surface area contributed by atoms with E-state index >= 15 is 0 Å². The lowest BCUT2D eigenvalue weighted by Crippen LogP contribution is -2.77.